The molecule has 0 N–H and O–H groups in total. The van der Waals surface area contributed by atoms with Crippen molar-refractivity contribution in [3.8, 4) is 0 Å². The van der Waals surface area contributed by atoms with Crippen LogP contribution in [0.2, 0.25) is 0 Å². The molecule has 0 saturated heterocycles. The predicted octanol–water partition coefficient (Wildman–Crippen LogP) is 2.26. The molecular weight excluding hydrogens is 136 g/mol. The maximum absolute atomic E-state index is 12.5. The Bertz CT molecular complexity index is 124. The third-order valence-electron chi connectivity index (χ3n) is 1.94. The molecule has 0 aromatic carbocycles. The van der Waals surface area contributed by atoms with Gasteiger partial charge in [0.2, 0.25) is 5.92 Å². The van der Waals surface area contributed by atoms with Crippen LogP contribution in [0.4, 0.5) is 8.78 Å². The van der Waals surface area contributed by atoms with Gasteiger partial charge in [-0.3, -0.25) is 4.99 Å². The van der Waals surface area contributed by atoms with Gasteiger partial charge in [0.25, 0.3) is 0 Å². The highest BCUT2D eigenvalue weighted by Crippen LogP contribution is 2.33. The van der Waals surface area contributed by atoms with Crippen molar-refractivity contribution < 1.29 is 8.78 Å². The molecule has 0 spiro atoms. The minimum Gasteiger partial charge on any atom is -0.298 e. The van der Waals surface area contributed by atoms with Crippen LogP contribution in [0.5, 0.6) is 0 Å². The minimum atomic E-state index is -2.43. The molecule has 3 heteroatoms. The normalized spacial score (nSPS) is 26.2. The molecule has 0 heterocycles. The molecule has 1 saturated carbocycles. The van der Waals surface area contributed by atoms with Crippen LogP contribution in [0, 0.1) is 0 Å². The third-order valence-corrected chi connectivity index (χ3v) is 1.94. The summed E-state index contributed by atoms with van der Waals surface area (Å²) in [7, 11) is 0. The number of hydrogen-bond donors (Lipinski definition) is 0. The maximum Gasteiger partial charge on any atom is 0.248 e. The Labute approximate surface area is 59.1 Å². The molecule has 1 aliphatic carbocycles. The van der Waals surface area contributed by atoms with Crippen molar-refractivity contribution in [1.29, 1.82) is 0 Å². The molecule has 1 nitrogen and oxygen atoms in total. The summed E-state index contributed by atoms with van der Waals surface area (Å²) in [6.07, 6.45) is 0.959. The first-order valence-electron chi connectivity index (χ1n) is 3.48. The van der Waals surface area contributed by atoms with Crippen LogP contribution in [0.15, 0.2) is 4.99 Å². The summed E-state index contributed by atoms with van der Waals surface area (Å²) in [6, 6.07) is 0.0830. The van der Waals surface area contributed by atoms with Gasteiger partial charge in [0.1, 0.15) is 0 Å². The standard InChI is InChI=1S/C7H11F2N/c1-10-6-2-4-7(8,9)5-3-6/h6H,1-5H2. The zero-order valence-corrected chi connectivity index (χ0v) is 5.82. The van der Waals surface area contributed by atoms with E-state index in [2.05, 4.69) is 11.7 Å². The fourth-order valence-corrected chi connectivity index (χ4v) is 1.21. The second kappa shape index (κ2) is 2.64. The zero-order chi connectivity index (χ0) is 7.61. The van der Waals surface area contributed by atoms with Gasteiger partial charge in [-0.05, 0) is 19.6 Å². The third kappa shape index (κ3) is 1.75. The first-order chi connectivity index (χ1) is 4.64. The summed E-state index contributed by atoms with van der Waals surface area (Å²) < 4.78 is 24.9. The molecular formula is C7H11F2N. The predicted molar refractivity (Wildman–Crippen MR) is 36.8 cm³/mol. The second-order valence-electron chi connectivity index (χ2n) is 2.77. The van der Waals surface area contributed by atoms with Crippen molar-refractivity contribution in [1.82, 2.24) is 0 Å². The van der Waals surface area contributed by atoms with Gasteiger partial charge in [-0.25, -0.2) is 8.78 Å². The molecule has 0 aromatic heterocycles. The van der Waals surface area contributed by atoms with Crippen molar-refractivity contribution in [2.24, 2.45) is 4.99 Å². The number of aliphatic imine (C=N–C) groups is 1. The highest BCUT2D eigenvalue weighted by atomic mass is 19.3. The van der Waals surface area contributed by atoms with E-state index in [-0.39, 0.29) is 18.9 Å². The highest BCUT2D eigenvalue weighted by Gasteiger charge is 2.34. The average Bonchev–Trinajstić information content (AvgIpc) is 1.88. The van der Waals surface area contributed by atoms with E-state index >= 15 is 0 Å². The Morgan fingerprint density at radius 1 is 1.30 bits per heavy atom. The summed E-state index contributed by atoms with van der Waals surface area (Å²) in [5, 5.41) is 0. The fraction of sp³-hybridized carbons (Fsp3) is 0.857. The fourth-order valence-electron chi connectivity index (χ4n) is 1.21. The summed E-state index contributed by atoms with van der Waals surface area (Å²) in [4.78, 5) is 3.73. The van der Waals surface area contributed by atoms with Crippen molar-refractivity contribution in [3.05, 3.63) is 0 Å². The van der Waals surface area contributed by atoms with Gasteiger partial charge in [-0.15, -0.1) is 0 Å². The molecule has 0 atom stereocenters. The minimum absolute atomic E-state index is 0.0172. The number of alkyl halides is 2. The summed E-state index contributed by atoms with van der Waals surface area (Å²) >= 11 is 0. The van der Waals surface area contributed by atoms with Crippen molar-refractivity contribution >= 4 is 6.72 Å². The lowest BCUT2D eigenvalue weighted by Gasteiger charge is -2.25. The van der Waals surface area contributed by atoms with Crippen LogP contribution in [0.1, 0.15) is 25.7 Å². The number of halogens is 2. The summed E-state index contributed by atoms with van der Waals surface area (Å²) in [5.74, 6) is -2.43. The van der Waals surface area contributed by atoms with Crippen molar-refractivity contribution in [2.45, 2.75) is 37.6 Å². The molecule has 0 aromatic rings. The second-order valence-corrected chi connectivity index (χ2v) is 2.77. The molecule has 0 aliphatic heterocycles. The van der Waals surface area contributed by atoms with E-state index < -0.39 is 5.92 Å². The summed E-state index contributed by atoms with van der Waals surface area (Å²) in [6.45, 7) is 3.34. The quantitative estimate of drug-likeness (QED) is 0.504. The van der Waals surface area contributed by atoms with Crippen molar-refractivity contribution in [3.63, 3.8) is 0 Å². The molecule has 10 heavy (non-hydrogen) atoms. The van der Waals surface area contributed by atoms with Crippen LogP contribution < -0.4 is 0 Å². The lowest BCUT2D eigenvalue weighted by molar-refractivity contribution is -0.0372. The van der Waals surface area contributed by atoms with Crippen LogP contribution in [-0.4, -0.2) is 18.7 Å². The average molecular weight is 147 g/mol. The number of rotatable bonds is 1. The van der Waals surface area contributed by atoms with Crippen LogP contribution >= 0.6 is 0 Å². The Morgan fingerprint density at radius 2 is 1.80 bits per heavy atom. The van der Waals surface area contributed by atoms with E-state index in [0.29, 0.717) is 12.8 Å². The lowest BCUT2D eigenvalue weighted by Crippen LogP contribution is -2.26. The van der Waals surface area contributed by atoms with Crippen LogP contribution in [-0.2, 0) is 0 Å². The first-order valence-corrected chi connectivity index (χ1v) is 3.48. The van der Waals surface area contributed by atoms with Gasteiger partial charge in [-0.2, -0.15) is 0 Å². The zero-order valence-electron chi connectivity index (χ0n) is 5.82. The maximum atomic E-state index is 12.5. The largest absolute Gasteiger partial charge is 0.298 e. The van der Waals surface area contributed by atoms with Crippen molar-refractivity contribution in [2.75, 3.05) is 0 Å². The Kier molecular flexibility index (Phi) is 2.02. The molecule has 58 valence electrons. The van der Waals surface area contributed by atoms with Gasteiger partial charge in [0, 0.05) is 18.9 Å². The van der Waals surface area contributed by atoms with Gasteiger partial charge in [0.05, 0.1) is 0 Å². The molecule has 1 aliphatic rings. The molecule has 0 bridgehead atoms. The molecule has 0 unspecified atom stereocenters. The van der Waals surface area contributed by atoms with Crippen LogP contribution in [0.25, 0.3) is 0 Å². The Morgan fingerprint density at radius 3 is 2.20 bits per heavy atom. The topological polar surface area (TPSA) is 12.4 Å². The summed E-state index contributed by atoms with van der Waals surface area (Å²) in [5.41, 5.74) is 0. The van der Waals surface area contributed by atoms with Gasteiger partial charge in [-0.1, -0.05) is 0 Å². The molecule has 0 amide bonds. The Hall–Kier alpha value is -0.470. The molecule has 1 rings (SSSR count). The van der Waals surface area contributed by atoms with E-state index in [1.165, 1.54) is 0 Å². The van der Waals surface area contributed by atoms with E-state index in [9.17, 15) is 8.78 Å². The van der Waals surface area contributed by atoms with E-state index in [4.69, 9.17) is 0 Å². The highest BCUT2D eigenvalue weighted by molar-refractivity contribution is 5.24. The molecule has 0 radical (unpaired) electrons. The van der Waals surface area contributed by atoms with Crippen LogP contribution in [0.3, 0.4) is 0 Å². The SMILES string of the molecule is C=NC1CCC(F)(F)CC1. The smallest absolute Gasteiger partial charge is 0.248 e. The van der Waals surface area contributed by atoms with E-state index in [1.807, 2.05) is 0 Å². The van der Waals surface area contributed by atoms with Gasteiger partial charge in [0.15, 0.2) is 0 Å². The van der Waals surface area contributed by atoms with E-state index in [0.717, 1.165) is 0 Å². The van der Waals surface area contributed by atoms with Gasteiger partial charge < -0.3 is 0 Å². The van der Waals surface area contributed by atoms with E-state index in [1.54, 1.807) is 0 Å². The number of hydrogen-bond acceptors (Lipinski definition) is 1. The molecule has 1 fully saturated rings. The monoisotopic (exact) mass is 147 g/mol. The van der Waals surface area contributed by atoms with Gasteiger partial charge >= 0.3 is 0 Å². The Balaban J connectivity index is 2.38. The lowest BCUT2D eigenvalue weighted by atomic mass is 9.93. The first kappa shape index (κ1) is 7.63. The number of nitrogens with zero attached hydrogens (tertiary/aromatic N) is 1.